The third kappa shape index (κ3) is 2.10. The average Bonchev–Trinajstić information content (AvgIpc) is 2.99. The summed E-state index contributed by atoms with van der Waals surface area (Å²) in [5.74, 6) is 0.151. The van der Waals surface area contributed by atoms with E-state index in [0.29, 0.717) is 12.6 Å². The summed E-state index contributed by atoms with van der Waals surface area (Å²) in [6.07, 6.45) is 4.05. The standard InChI is InChI=1S/C11H14N2O/c1-9(14)13(11-5-6-11)8-10-4-2-3-7-12-10/h2-4,7,11H,5-6,8H2,1H3. The molecule has 0 bridgehead atoms. The highest BCUT2D eigenvalue weighted by Crippen LogP contribution is 2.27. The van der Waals surface area contributed by atoms with Gasteiger partial charge in [-0.3, -0.25) is 9.78 Å². The van der Waals surface area contributed by atoms with Gasteiger partial charge in [-0.15, -0.1) is 0 Å². The third-order valence-corrected chi connectivity index (χ3v) is 2.45. The van der Waals surface area contributed by atoms with Crippen LogP contribution in [0.15, 0.2) is 24.4 Å². The molecule has 0 aromatic carbocycles. The van der Waals surface area contributed by atoms with Crippen LogP contribution in [0, 0.1) is 0 Å². The molecule has 0 saturated heterocycles. The van der Waals surface area contributed by atoms with E-state index < -0.39 is 0 Å². The minimum atomic E-state index is 0.151. The van der Waals surface area contributed by atoms with Crippen molar-refractivity contribution in [2.24, 2.45) is 0 Å². The fourth-order valence-corrected chi connectivity index (χ4v) is 1.55. The minimum absolute atomic E-state index is 0.151. The van der Waals surface area contributed by atoms with Gasteiger partial charge in [-0.1, -0.05) is 6.07 Å². The van der Waals surface area contributed by atoms with E-state index in [0.717, 1.165) is 18.5 Å². The molecule has 1 aromatic rings. The number of nitrogens with zero attached hydrogens (tertiary/aromatic N) is 2. The molecule has 0 N–H and O–H groups in total. The molecule has 74 valence electrons. The lowest BCUT2D eigenvalue weighted by atomic mass is 10.3. The van der Waals surface area contributed by atoms with Crippen LogP contribution in [0.5, 0.6) is 0 Å². The van der Waals surface area contributed by atoms with E-state index in [2.05, 4.69) is 4.98 Å². The highest BCUT2D eigenvalue weighted by atomic mass is 16.2. The first-order valence-corrected chi connectivity index (χ1v) is 4.94. The molecule has 2 rings (SSSR count). The van der Waals surface area contributed by atoms with Crippen LogP contribution in [-0.4, -0.2) is 21.8 Å². The smallest absolute Gasteiger partial charge is 0.220 e. The molecule has 3 heteroatoms. The Morgan fingerprint density at radius 2 is 2.36 bits per heavy atom. The van der Waals surface area contributed by atoms with Gasteiger partial charge in [0.1, 0.15) is 0 Å². The first kappa shape index (κ1) is 9.19. The lowest BCUT2D eigenvalue weighted by molar-refractivity contribution is -0.130. The molecule has 0 unspecified atom stereocenters. The lowest BCUT2D eigenvalue weighted by Gasteiger charge is -2.19. The zero-order valence-electron chi connectivity index (χ0n) is 8.31. The van der Waals surface area contributed by atoms with Gasteiger partial charge < -0.3 is 4.90 Å². The topological polar surface area (TPSA) is 33.2 Å². The molecule has 1 saturated carbocycles. The summed E-state index contributed by atoms with van der Waals surface area (Å²) in [5.41, 5.74) is 0.967. The van der Waals surface area contributed by atoms with Gasteiger partial charge >= 0.3 is 0 Å². The van der Waals surface area contributed by atoms with Gasteiger partial charge in [0.15, 0.2) is 0 Å². The molecule has 3 nitrogen and oxygen atoms in total. The van der Waals surface area contributed by atoms with Gasteiger partial charge in [-0.05, 0) is 25.0 Å². The van der Waals surface area contributed by atoms with Crippen LogP contribution in [0.3, 0.4) is 0 Å². The van der Waals surface area contributed by atoms with E-state index in [1.807, 2.05) is 23.1 Å². The van der Waals surface area contributed by atoms with Crippen LogP contribution in [0.4, 0.5) is 0 Å². The first-order chi connectivity index (χ1) is 6.77. The summed E-state index contributed by atoms with van der Waals surface area (Å²) in [5, 5.41) is 0. The van der Waals surface area contributed by atoms with Crippen LogP contribution < -0.4 is 0 Å². The molecule has 0 aliphatic heterocycles. The maximum Gasteiger partial charge on any atom is 0.220 e. The van der Waals surface area contributed by atoms with Crippen molar-refractivity contribution in [1.29, 1.82) is 0 Å². The van der Waals surface area contributed by atoms with E-state index in [4.69, 9.17) is 0 Å². The Morgan fingerprint density at radius 1 is 1.57 bits per heavy atom. The van der Waals surface area contributed by atoms with Crippen molar-refractivity contribution in [3.8, 4) is 0 Å². The Hall–Kier alpha value is -1.38. The highest BCUT2D eigenvalue weighted by molar-refractivity contribution is 5.73. The summed E-state index contributed by atoms with van der Waals surface area (Å²) in [6.45, 7) is 2.28. The monoisotopic (exact) mass is 190 g/mol. The highest BCUT2D eigenvalue weighted by Gasteiger charge is 2.30. The van der Waals surface area contributed by atoms with Crippen molar-refractivity contribution in [3.63, 3.8) is 0 Å². The normalized spacial score (nSPS) is 15.2. The van der Waals surface area contributed by atoms with E-state index in [1.165, 1.54) is 0 Å². The van der Waals surface area contributed by atoms with Crippen LogP contribution in [0.1, 0.15) is 25.5 Å². The number of pyridine rings is 1. The molecule has 1 heterocycles. The van der Waals surface area contributed by atoms with Gasteiger partial charge in [-0.25, -0.2) is 0 Å². The number of amides is 1. The Balaban J connectivity index is 2.04. The zero-order chi connectivity index (χ0) is 9.97. The van der Waals surface area contributed by atoms with Crippen molar-refractivity contribution in [2.45, 2.75) is 32.4 Å². The fourth-order valence-electron chi connectivity index (χ4n) is 1.55. The Bertz CT molecular complexity index is 319. The predicted octanol–water partition coefficient (Wildman–Crippen LogP) is 1.59. The minimum Gasteiger partial charge on any atom is -0.334 e. The van der Waals surface area contributed by atoms with Crippen molar-refractivity contribution < 1.29 is 4.79 Å². The number of aromatic nitrogens is 1. The molecule has 1 fully saturated rings. The third-order valence-electron chi connectivity index (χ3n) is 2.45. The summed E-state index contributed by atoms with van der Waals surface area (Å²) in [7, 11) is 0. The van der Waals surface area contributed by atoms with E-state index in [-0.39, 0.29) is 5.91 Å². The van der Waals surface area contributed by atoms with Crippen LogP contribution in [0.2, 0.25) is 0 Å². The van der Waals surface area contributed by atoms with Crippen molar-refractivity contribution >= 4 is 5.91 Å². The van der Waals surface area contributed by atoms with Crippen LogP contribution in [0.25, 0.3) is 0 Å². The molecule has 1 aromatic heterocycles. The lowest BCUT2D eigenvalue weighted by Crippen LogP contribution is -2.30. The quantitative estimate of drug-likeness (QED) is 0.725. The first-order valence-electron chi connectivity index (χ1n) is 4.94. The molecule has 14 heavy (non-hydrogen) atoms. The molecule has 1 amide bonds. The Morgan fingerprint density at radius 3 is 2.86 bits per heavy atom. The molecule has 0 spiro atoms. The summed E-state index contributed by atoms with van der Waals surface area (Å²) < 4.78 is 0. The van der Waals surface area contributed by atoms with E-state index in [9.17, 15) is 4.79 Å². The van der Waals surface area contributed by atoms with Gasteiger partial charge in [0, 0.05) is 19.2 Å². The van der Waals surface area contributed by atoms with E-state index >= 15 is 0 Å². The van der Waals surface area contributed by atoms with Gasteiger partial charge in [0.2, 0.25) is 5.91 Å². The Kier molecular flexibility index (Phi) is 2.48. The predicted molar refractivity (Wildman–Crippen MR) is 53.5 cm³/mol. The van der Waals surface area contributed by atoms with Gasteiger partial charge in [0.25, 0.3) is 0 Å². The molecule has 0 radical (unpaired) electrons. The molecule has 1 aliphatic rings. The summed E-state index contributed by atoms with van der Waals surface area (Å²) in [6, 6.07) is 6.26. The number of hydrogen-bond donors (Lipinski definition) is 0. The SMILES string of the molecule is CC(=O)N(Cc1ccccn1)C1CC1. The number of rotatable bonds is 3. The van der Waals surface area contributed by atoms with E-state index in [1.54, 1.807) is 13.1 Å². The summed E-state index contributed by atoms with van der Waals surface area (Å²) in [4.78, 5) is 17.5. The fraction of sp³-hybridized carbons (Fsp3) is 0.455. The summed E-state index contributed by atoms with van der Waals surface area (Å²) >= 11 is 0. The van der Waals surface area contributed by atoms with Gasteiger partial charge in [0.05, 0.1) is 12.2 Å². The van der Waals surface area contributed by atoms with Crippen LogP contribution >= 0.6 is 0 Å². The van der Waals surface area contributed by atoms with Crippen molar-refractivity contribution in [1.82, 2.24) is 9.88 Å². The number of hydrogen-bond acceptors (Lipinski definition) is 2. The van der Waals surface area contributed by atoms with Gasteiger partial charge in [-0.2, -0.15) is 0 Å². The maximum atomic E-state index is 11.3. The second kappa shape index (κ2) is 3.78. The average molecular weight is 190 g/mol. The second-order valence-electron chi connectivity index (χ2n) is 3.70. The van der Waals surface area contributed by atoms with Crippen molar-refractivity contribution in [2.75, 3.05) is 0 Å². The molecular formula is C11H14N2O. The molecule has 1 aliphatic carbocycles. The van der Waals surface area contributed by atoms with Crippen molar-refractivity contribution in [3.05, 3.63) is 30.1 Å². The Labute approximate surface area is 83.8 Å². The molecular weight excluding hydrogens is 176 g/mol. The largest absolute Gasteiger partial charge is 0.334 e. The maximum absolute atomic E-state index is 11.3. The second-order valence-corrected chi connectivity index (χ2v) is 3.70. The zero-order valence-corrected chi connectivity index (χ0v) is 8.31. The number of carbonyl (C=O) groups is 1. The number of carbonyl (C=O) groups excluding carboxylic acids is 1. The van der Waals surface area contributed by atoms with Crippen LogP contribution in [-0.2, 0) is 11.3 Å². The molecule has 0 atom stereocenters.